The zero-order chi connectivity index (χ0) is 17.8. The molecule has 0 aliphatic heterocycles. The third kappa shape index (κ3) is 3.49. The van der Waals surface area contributed by atoms with Crippen molar-refractivity contribution >= 4 is 12.0 Å². The van der Waals surface area contributed by atoms with Gasteiger partial charge in [0.25, 0.3) is 0 Å². The van der Waals surface area contributed by atoms with Gasteiger partial charge in [0, 0.05) is 5.92 Å². The molecule has 1 atom stereocenters. The van der Waals surface area contributed by atoms with Crippen molar-refractivity contribution in [3.63, 3.8) is 0 Å². The lowest BCUT2D eigenvalue weighted by Gasteiger charge is -2.17. The molecule has 130 valence electrons. The Morgan fingerprint density at radius 1 is 1.04 bits per heavy atom. The van der Waals surface area contributed by atoms with Crippen LogP contribution < -0.4 is 16.8 Å². The molecule has 0 spiro atoms. The molecule has 3 rings (SSSR count). The molecule has 6 nitrogen and oxygen atoms in total. The molecule has 0 heterocycles. The van der Waals surface area contributed by atoms with Gasteiger partial charge in [-0.15, -0.1) is 0 Å². The molecule has 0 bridgehead atoms. The van der Waals surface area contributed by atoms with Crippen LogP contribution in [-0.4, -0.2) is 31.2 Å². The number of benzene rings is 2. The molecule has 2 aromatic rings. The second kappa shape index (κ2) is 7.36. The van der Waals surface area contributed by atoms with Crippen LogP contribution in [0.3, 0.4) is 0 Å². The number of carbonyl (C=O) groups is 2. The third-order valence-corrected chi connectivity index (χ3v) is 4.43. The first-order valence-corrected chi connectivity index (χ1v) is 8.22. The van der Waals surface area contributed by atoms with Crippen LogP contribution in [0.25, 0.3) is 11.1 Å². The maximum absolute atomic E-state index is 12.0. The molecule has 0 saturated carbocycles. The van der Waals surface area contributed by atoms with E-state index in [-0.39, 0.29) is 25.5 Å². The van der Waals surface area contributed by atoms with Crippen molar-refractivity contribution in [2.45, 2.75) is 18.4 Å². The van der Waals surface area contributed by atoms with Gasteiger partial charge in [-0.05, 0) is 35.2 Å². The smallest absolute Gasteiger partial charge is 0.407 e. The number of nitrogens with two attached hydrogens (primary N) is 2. The molecule has 1 aliphatic carbocycles. The normalized spacial score (nSPS) is 13.6. The maximum atomic E-state index is 12.0. The van der Waals surface area contributed by atoms with Crippen LogP contribution in [0.15, 0.2) is 48.5 Å². The van der Waals surface area contributed by atoms with Crippen molar-refractivity contribution in [2.24, 2.45) is 11.5 Å². The highest BCUT2D eigenvalue weighted by Gasteiger charge is 2.29. The summed E-state index contributed by atoms with van der Waals surface area (Å²) in [6.45, 7) is 0.436. The van der Waals surface area contributed by atoms with Crippen molar-refractivity contribution < 1.29 is 14.3 Å². The summed E-state index contributed by atoms with van der Waals surface area (Å²) in [7, 11) is 0. The molecular weight excluding hydrogens is 318 g/mol. The average molecular weight is 339 g/mol. The lowest BCUT2D eigenvalue weighted by atomic mass is 9.98. The zero-order valence-electron chi connectivity index (χ0n) is 13.8. The summed E-state index contributed by atoms with van der Waals surface area (Å²) in [4.78, 5) is 23.3. The first-order valence-electron chi connectivity index (χ1n) is 8.22. The summed E-state index contributed by atoms with van der Waals surface area (Å²) in [6, 6.07) is 15.3. The Labute approximate surface area is 146 Å². The van der Waals surface area contributed by atoms with Crippen LogP contribution in [0.4, 0.5) is 4.79 Å². The Balaban J connectivity index is 1.71. The number of fused-ring (bicyclic) bond motifs is 3. The minimum atomic E-state index is -0.819. The van der Waals surface area contributed by atoms with Crippen LogP contribution in [-0.2, 0) is 9.53 Å². The van der Waals surface area contributed by atoms with E-state index in [4.69, 9.17) is 16.2 Å². The van der Waals surface area contributed by atoms with Crippen LogP contribution >= 0.6 is 0 Å². The van der Waals surface area contributed by atoms with E-state index in [0.717, 1.165) is 22.3 Å². The summed E-state index contributed by atoms with van der Waals surface area (Å²) < 4.78 is 5.37. The van der Waals surface area contributed by atoms with Gasteiger partial charge in [0.05, 0.1) is 0 Å². The SMILES string of the molecule is NCCC(NC(=O)OCC1c2ccccc2-c2ccccc21)C(N)=O. The van der Waals surface area contributed by atoms with E-state index >= 15 is 0 Å². The largest absolute Gasteiger partial charge is 0.449 e. The number of hydrogen-bond acceptors (Lipinski definition) is 4. The quantitative estimate of drug-likeness (QED) is 0.745. The molecule has 2 aromatic carbocycles. The third-order valence-electron chi connectivity index (χ3n) is 4.43. The van der Waals surface area contributed by atoms with Gasteiger partial charge in [0.1, 0.15) is 12.6 Å². The Morgan fingerprint density at radius 2 is 1.60 bits per heavy atom. The number of primary amides is 1. The lowest BCUT2D eigenvalue weighted by molar-refractivity contribution is -0.120. The molecule has 0 radical (unpaired) electrons. The Kier molecular flexibility index (Phi) is 5.00. The average Bonchev–Trinajstić information content (AvgIpc) is 2.93. The molecule has 25 heavy (non-hydrogen) atoms. The predicted molar refractivity (Wildman–Crippen MR) is 94.9 cm³/mol. The minimum Gasteiger partial charge on any atom is -0.449 e. The monoisotopic (exact) mass is 339 g/mol. The first-order chi connectivity index (χ1) is 12.1. The molecule has 1 aliphatic rings. The molecule has 5 N–H and O–H groups in total. The molecule has 0 saturated heterocycles. The van der Waals surface area contributed by atoms with Gasteiger partial charge in [-0.1, -0.05) is 48.5 Å². The minimum absolute atomic E-state index is 0.0281. The number of ether oxygens (including phenoxy) is 1. The summed E-state index contributed by atoms with van der Waals surface area (Å²) >= 11 is 0. The lowest BCUT2D eigenvalue weighted by Crippen LogP contribution is -2.45. The number of rotatable bonds is 6. The summed E-state index contributed by atoms with van der Waals surface area (Å²) in [5, 5.41) is 2.47. The van der Waals surface area contributed by atoms with Crippen LogP contribution in [0, 0.1) is 0 Å². The molecule has 1 unspecified atom stereocenters. The number of carbonyl (C=O) groups excluding carboxylic acids is 2. The predicted octanol–water partition coefficient (Wildman–Crippen LogP) is 1.73. The first kappa shape index (κ1) is 17.0. The summed E-state index contributed by atoms with van der Waals surface area (Å²) in [5.74, 6) is -0.654. The fraction of sp³-hybridized carbons (Fsp3) is 0.263. The van der Waals surface area contributed by atoms with Crippen LogP contribution in [0.1, 0.15) is 23.5 Å². The van der Waals surface area contributed by atoms with Crippen molar-refractivity contribution in [3.05, 3.63) is 59.7 Å². The van der Waals surface area contributed by atoms with E-state index in [1.807, 2.05) is 36.4 Å². The molecule has 0 aromatic heterocycles. The van der Waals surface area contributed by atoms with Crippen molar-refractivity contribution in [2.75, 3.05) is 13.2 Å². The fourth-order valence-corrected chi connectivity index (χ4v) is 3.23. The van der Waals surface area contributed by atoms with Crippen molar-refractivity contribution in [1.29, 1.82) is 0 Å². The highest BCUT2D eigenvalue weighted by atomic mass is 16.5. The second-order valence-electron chi connectivity index (χ2n) is 6.00. The highest BCUT2D eigenvalue weighted by molar-refractivity contribution is 5.84. The van der Waals surface area contributed by atoms with E-state index in [1.165, 1.54) is 0 Å². The van der Waals surface area contributed by atoms with Gasteiger partial charge in [-0.25, -0.2) is 4.79 Å². The van der Waals surface area contributed by atoms with Gasteiger partial charge in [-0.3, -0.25) is 4.79 Å². The molecule has 6 heteroatoms. The van der Waals surface area contributed by atoms with Crippen LogP contribution in [0.5, 0.6) is 0 Å². The number of alkyl carbamates (subject to hydrolysis) is 1. The molecule has 0 fully saturated rings. The second-order valence-corrected chi connectivity index (χ2v) is 6.00. The van der Waals surface area contributed by atoms with E-state index in [9.17, 15) is 9.59 Å². The van der Waals surface area contributed by atoms with Crippen molar-refractivity contribution in [3.8, 4) is 11.1 Å². The Morgan fingerprint density at radius 3 is 2.12 bits per heavy atom. The van der Waals surface area contributed by atoms with Gasteiger partial charge < -0.3 is 21.5 Å². The maximum Gasteiger partial charge on any atom is 0.407 e. The van der Waals surface area contributed by atoms with Crippen LogP contribution in [0.2, 0.25) is 0 Å². The molecular formula is C19H21N3O3. The van der Waals surface area contributed by atoms with Gasteiger partial charge >= 0.3 is 6.09 Å². The van der Waals surface area contributed by atoms with Crippen molar-refractivity contribution in [1.82, 2.24) is 5.32 Å². The number of hydrogen-bond donors (Lipinski definition) is 3. The van der Waals surface area contributed by atoms with E-state index in [1.54, 1.807) is 0 Å². The summed E-state index contributed by atoms with van der Waals surface area (Å²) in [6.07, 6.45) is -0.390. The van der Waals surface area contributed by atoms with E-state index < -0.39 is 18.0 Å². The highest BCUT2D eigenvalue weighted by Crippen LogP contribution is 2.44. The Bertz CT molecular complexity index is 745. The zero-order valence-corrected chi connectivity index (χ0v) is 13.8. The topological polar surface area (TPSA) is 107 Å². The Hall–Kier alpha value is -2.86. The van der Waals surface area contributed by atoms with E-state index in [2.05, 4.69) is 17.4 Å². The van der Waals surface area contributed by atoms with E-state index in [0.29, 0.717) is 0 Å². The number of amides is 2. The standard InChI is InChI=1S/C19H21N3O3/c20-10-9-17(18(21)23)22-19(24)25-11-16-14-7-3-1-5-12(14)13-6-2-4-8-15(13)16/h1-8,16-17H,9-11,20H2,(H2,21,23)(H,22,24). The number of nitrogens with one attached hydrogen (secondary N) is 1. The van der Waals surface area contributed by atoms with Gasteiger partial charge in [0.2, 0.25) is 5.91 Å². The molecule has 2 amide bonds. The summed E-state index contributed by atoms with van der Waals surface area (Å²) in [5.41, 5.74) is 15.2. The fourth-order valence-electron chi connectivity index (χ4n) is 3.23. The van der Waals surface area contributed by atoms with Gasteiger partial charge in [0.15, 0.2) is 0 Å². The van der Waals surface area contributed by atoms with Gasteiger partial charge in [-0.2, -0.15) is 0 Å².